The fourth-order valence-corrected chi connectivity index (χ4v) is 2.47. The second-order valence-electron chi connectivity index (χ2n) is 5.02. The first kappa shape index (κ1) is 17.3. The smallest absolute Gasteiger partial charge is 0.224 e. The molecule has 4 nitrogen and oxygen atoms in total. The molecule has 120 valence electrons. The summed E-state index contributed by atoms with van der Waals surface area (Å²) in [5.41, 5.74) is 2.19. The van der Waals surface area contributed by atoms with E-state index in [0.29, 0.717) is 34.3 Å². The van der Waals surface area contributed by atoms with Crippen molar-refractivity contribution in [1.29, 1.82) is 0 Å². The average Bonchev–Trinajstić information content (AvgIpc) is 2.50. The molecule has 0 aliphatic carbocycles. The van der Waals surface area contributed by atoms with Gasteiger partial charge in [0.15, 0.2) is 0 Å². The van der Waals surface area contributed by atoms with Gasteiger partial charge in [0.25, 0.3) is 0 Å². The molecule has 2 aromatic carbocycles. The second-order valence-corrected chi connectivity index (χ2v) is 5.80. The van der Waals surface area contributed by atoms with E-state index in [-0.39, 0.29) is 11.8 Å². The topological polar surface area (TPSA) is 58.2 Å². The minimum atomic E-state index is -0.139. The summed E-state index contributed by atoms with van der Waals surface area (Å²) in [7, 11) is 0. The molecule has 0 heterocycles. The van der Waals surface area contributed by atoms with Crippen molar-refractivity contribution in [2.75, 3.05) is 10.6 Å². The van der Waals surface area contributed by atoms with Gasteiger partial charge >= 0.3 is 0 Å². The van der Waals surface area contributed by atoms with Crippen LogP contribution in [0.15, 0.2) is 42.5 Å². The molecule has 0 fully saturated rings. The molecule has 2 N–H and O–H groups in total. The predicted octanol–water partition coefficient (Wildman–Crippen LogP) is 4.52. The van der Waals surface area contributed by atoms with E-state index in [9.17, 15) is 9.59 Å². The molecular formula is C17H16Cl2N2O2. The first-order valence-electron chi connectivity index (χ1n) is 7.06. The normalized spacial score (nSPS) is 10.2. The van der Waals surface area contributed by atoms with Gasteiger partial charge < -0.3 is 10.6 Å². The van der Waals surface area contributed by atoms with Crippen LogP contribution >= 0.6 is 23.2 Å². The maximum absolute atomic E-state index is 12.0. The summed E-state index contributed by atoms with van der Waals surface area (Å²) < 4.78 is 0. The Morgan fingerprint density at radius 2 is 1.57 bits per heavy atom. The molecule has 0 saturated carbocycles. The molecule has 0 bridgehead atoms. The van der Waals surface area contributed by atoms with Crippen molar-refractivity contribution in [3.8, 4) is 0 Å². The maximum atomic E-state index is 12.0. The van der Waals surface area contributed by atoms with E-state index in [4.69, 9.17) is 23.2 Å². The van der Waals surface area contributed by atoms with Crippen LogP contribution in [0.25, 0.3) is 0 Å². The molecule has 0 radical (unpaired) electrons. The Kier molecular flexibility index (Phi) is 6.02. The highest BCUT2D eigenvalue weighted by Crippen LogP contribution is 2.26. The lowest BCUT2D eigenvalue weighted by Crippen LogP contribution is -2.12. The Bertz CT molecular complexity index is 715. The van der Waals surface area contributed by atoms with E-state index in [2.05, 4.69) is 10.6 Å². The van der Waals surface area contributed by atoms with Crippen molar-refractivity contribution in [3.05, 3.63) is 58.1 Å². The number of halogens is 2. The zero-order chi connectivity index (χ0) is 16.8. The number of benzene rings is 2. The van der Waals surface area contributed by atoms with Crippen LogP contribution in [0.1, 0.15) is 18.9 Å². The van der Waals surface area contributed by atoms with E-state index < -0.39 is 0 Å². The Hall–Kier alpha value is -2.04. The SMILES string of the molecule is CC(=O)Nc1ccc(NC(=O)CCc2cccc(Cl)c2Cl)cc1. The van der Waals surface area contributed by atoms with Crippen LogP contribution in [0.4, 0.5) is 11.4 Å². The highest BCUT2D eigenvalue weighted by Gasteiger charge is 2.08. The summed E-state index contributed by atoms with van der Waals surface area (Å²) >= 11 is 12.0. The van der Waals surface area contributed by atoms with Gasteiger partial charge in [0.1, 0.15) is 0 Å². The Morgan fingerprint density at radius 3 is 2.17 bits per heavy atom. The number of carbonyl (C=O) groups excluding carboxylic acids is 2. The first-order chi connectivity index (χ1) is 11.0. The molecule has 0 unspecified atom stereocenters. The van der Waals surface area contributed by atoms with Crippen molar-refractivity contribution in [2.45, 2.75) is 19.8 Å². The van der Waals surface area contributed by atoms with Gasteiger partial charge in [0.05, 0.1) is 10.0 Å². The molecule has 0 aliphatic heterocycles. The summed E-state index contributed by atoms with van der Waals surface area (Å²) in [6.07, 6.45) is 0.808. The Labute approximate surface area is 144 Å². The minimum absolute atomic E-state index is 0.117. The van der Waals surface area contributed by atoms with Gasteiger partial charge in [0.2, 0.25) is 11.8 Å². The third-order valence-electron chi connectivity index (χ3n) is 3.14. The number of hydrogen-bond acceptors (Lipinski definition) is 2. The van der Waals surface area contributed by atoms with Crippen LogP contribution in [-0.4, -0.2) is 11.8 Å². The Morgan fingerprint density at radius 1 is 0.957 bits per heavy atom. The highest BCUT2D eigenvalue weighted by atomic mass is 35.5. The van der Waals surface area contributed by atoms with Crippen molar-refractivity contribution in [3.63, 3.8) is 0 Å². The molecule has 23 heavy (non-hydrogen) atoms. The largest absolute Gasteiger partial charge is 0.326 e. The number of anilines is 2. The van der Waals surface area contributed by atoms with Crippen molar-refractivity contribution in [1.82, 2.24) is 0 Å². The molecule has 6 heteroatoms. The second kappa shape index (κ2) is 7.99. The number of nitrogens with one attached hydrogen (secondary N) is 2. The fraction of sp³-hybridized carbons (Fsp3) is 0.176. The number of hydrogen-bond donors (Lipinski definition) is 2. The quantitative estimate of drug-likeness (QED) is 0.832. The lowest BCUT2D eigenvalue weighted by molar-refractivity contribution is -0.116. The zero-order valence-corrected chi connectivity index (χ0v) is 14.0. The monoisotopic (exact) mass is 350 g/mol. The lowest BCUT2D eigenvalue weighted by atomic mass is 10.1. The third-order valence-corrected chi connectivity index (χ3v) is 4.00. The van der Waals surface area contributed by atoms with E-state index >= 15 is 0 Å². The zero-order valence-electron chi connectivity index (χ0n) is 12.5. The van der Waals surface area contributed by atoms with Gasteiger partial charge in [-0.05, 0) is 42.3 Å². The molecule has 0 aromatic heterocycles. The number of amides is 2. The van der Waals surface area contributed by atoms with Crippen molar-refractivity contribution < 1.29 is 9.59 Å². The average molecular weight is 351 g/mol. The minimum Gasteiger partial charge on any atom is -0.326 e. The van der Waals surface area contributed by atoms with Gasteiger partial charge in [-0.3, -0.25) is 9.59 Å². The highest BCUT2D eigenvalue weighted by molar-refractivity contribution is 6.42. The van der Waals surface area contributed by atoms with Gasteiger partial charge in [-0.15, -0.1) is 0 Å². The van der Waals surface area contributed by atoms with Gasteiger partial charge in [-0.25, -0.2) is 0 Å². The first-order valence-corrected chi connectivity index (χ1v) is 7.81. The van der Waals surface area contributed by atoms with Gasteiger partial charge in [0, 0.05) is 24.7 Å². The standard InChI is InChI=1S/C17H16Cl2N2O2/c1-11(22)20-13-6-8-14(9-7-13)21-16(23)10-5-12-3-2-4-15(18)17(12)19/h2-4,6-9H,5,10H2,1H3,(H,20,22)(H,21,23). The summed E-state index contributed by atoms with van der Waals surface area (Å²) in [6.45, 7) is 1.44. The van der Waals surface area contributed by atoms with Crippen LogP contribution in [-0.2, 0) is 16.0 Å². The van der Waals surface area contributed by atoms with Crippen LogP contribution < -0.4 is 10.6 Å². The summed E-state index contributed by atoms with van der Waals surface area (Å²) in [5.74, 6) is -0.256. The summed E-state index contributed by atoms with van der Waals surface area (Å²) in [6, 6.07) is 12.3. The van der Waals surface area contributed by atoms with Crippen LogP contribution in [0, 0.1) is 0 Å². The van der Waals surface area contributed by atoms with E-state index in [1.54, 1.807) is 30.3 Å². The predicted molar refractivity (Wildman–Crippen MR) is 94.2 cm³/mol. The van der Waals surface area contributed by atoms with E-state index in [0.717, 1.165) is 5.56 Å². The number of aryl methyl sites for hydroxylation is 1. The molecule has 0 atom stereocenters. The number of rotatable bonds is 5. The van der Waals surface area contributed by atoms with Crippen LogP contribution in [0.5, 0.6) is 0 Å². The fourth-order valence-electron chi connectivity index (χ4n) is 2.05. The third kappa shape index (κ3) is 5.27. The van der Waals surface area contributed by atoms with Crippen molar-refractivity contribution in [2.24, 2.45) is 0 Å². The summed E-state index contributed by atoms with van der Waals surface area (Å²) in [4.78, 5) is 22.9. The van der Waals surface area contributed by atoms with E-state index in [1.165, 1.54) is 6.92 Å². The lowest BCUT2D eigenvalue weighted by Gasteiger charge is -2.08. The van der Waals surface area contributed by atoms with Crippen molar-refractivity contribution >= 4 is 46.4 Å². The van der Waals surface area contributed by atoms with Gasteiger partial charge in [-0.1, -0.05) is 35.3 Å². The number of carbonyl (C=O) groups is 2. The molecule has 0 saturated heterocycles. The molecule has 0 aliphatic rings. The molecular weight excluding hydrogens is 335 g/mol. The van der Waals surface area contributed by atoms with Crippen LogP contribution in [0.3, 0.4) is 0 Å². The molecule has 2 aromatic rings. The maximum Gasteiger partial charge on any atom is 0.224 e. The molecule has 2 amide bonds. The summed E-state index contributed by atoms with van der Waals surface area (Å²) in [5, 5.41) is 6.44. The van der Waals surface area contributed by atoms with Gasteiger partial charge in [-0.2, -0.15) is 0 Å². The molecule has 2 rings (SSSR count). The molecule has 0 spiro atoms. The van der Waals surface area contributed by atoms with E-state index in [1.807, 2.05) is 12.1 Å². The Balaban J connectivity index is 1.89. The van der Waals surface area contributed by atoms with Crippen LogP contribution in [0.2, 0.25) is 10.0 Å².